The molecule has 3 aliphatic carbocycles. The van der Waals surface area contributed by atoms with Gasteiger partial charge in [0, 0.05) is 22.6 Å². The van der Waals surface area contributed by atoms with E-state index >= 15 is 0 Å². The van der Waals surface area contributed by atoms with Crippen molar-refractivity contribution in [1.29, 1.82) is 0 Å². The summed E-state index contributed by atoms with van der Waals surface area (Å²) in [5, 5.41) is 9.97. The molecule has 0 N–H and O–H groups in total. The van der Waals surface area contributed by atoms with Crippen LogP contribution in [0, 0.1) is 5.41 Å². The van der Waals surface area contributed by atoms with Crippen LogP contribution >= 0.6 is 23.2 Å². The smallest absolute Gasteiger partial charge is 0.337 e. The van der Waals surface area contributed by atoms with Crippen LogP contribution in [0.1, 0.15) is 84.9 Å². The van der Waals surface area contributed by atoms with Crippen LogP contribution in [0.5, 0.6) is 0 Å². The first-order valence-electron chi connectivity index (χ1n) is 13.9. The molecule has 7 nitrogen and oxygen atoms in total. The fourth-order valence-electron chi connectivity index (χ4n) is 6.93. The predicted octanol–water partition coefficient (Wildman–Crippen LogP) is 8.20. The van der Waals surface area contributed by atoms with Gasteiger partial charge in [0.2, 0.25) is 11.7 Å². The zero-order chi connectivity index (χ0) is 27.5. The summed E-state index contributed by atoms with van der Waals surface area (Å²) in [4.78, 5) is 16.6. The molecule has 2 bridgehead atoms. The molecule has 0 saturated heterocycles. The van der Waals surface area contributed by atoms with E-state index in [1.165, 1.54) is 7.11 Å². The van der Waals surface area contributed by atoms with Crippen molar-refractivity contribution in [3.05, 3.63) is 75.3 Å². The number of halogens is 2. The minimum absolute atomic E-state index is 0.0833. The number of rotatable bonds is 8. The number of carbonyl (C=O) groups is 1. The average Bonchev–Trinajstić information content (AvgIpc) is 3.32. The minimum Gasteiger partial charge on any atom is -0.465 e. The molecule has 0 aliphatic heterocycles. The molecule has 0 spiro atoms. The largest absolute Gasteiger partial charge is 0.465 e. The molecule has 2 aromatic heterocycles. The summed E-state index contributed by atoms with van der Waals surface area (Å²) in [7, 11) is 1.37. The Labute approximate surface area is 242 Å². The van der Waals surface area contributed by atoms with Gasteiger partial charge in [-0.05, 0) is 87.5 Å². The van der Waals surface area contributed by atoms with Crippen LogP contribution in [-0.4, -0.2) is 28.4 Å². The zero-order valence-corrected chi connectivity index (χ0v) is 23.7. The van der Waals surface area contributed by atoms with E-state index in [0.717, 1.165) is 91.8 Å². The van der Waals surface area contributed by atoms with Crippen LogP contribution < -0.4 is 0 Å². The molecule has 7 rings (SSSR count). The van der Waals surface area contributed by atoms with Crippen LogP contribution in [0.3, 0.4) is 0 Å². The summed E-state index contributed by atoms with van der Waals surface area (Å²) in [6, 6.07) is 12.6. The molecule has 2 heterocycles. The van der Waals surface area contributed by atoms with Gasteiger partial charge in [-0.3, -0.25) is 0 Å². The van der Waals surface area contributed by atoms with E-state index < -0.39 is 0 Å². The Morgan fingerprint density at radius 2 is 1.73 bits per heavy atom. The third-order valence-electron chi connectivity index (χ3n) is 9.30. The van der Waals surface area contributed by atoms with Crippen LogP contribution in [0.15, 0.2) is 51.5 Å². The number of ether oxygens (including phenoxy) is 1. The highest BCUT2D eigenvalue weighted by atomic mass is 35.5. The maximum atomic E-state index is 11.8. The molecule has 3 aliphatic rings. The molecular formula is C31H29Cl2N3O4. The zero-order valence-electron chi connectivity index (χ0n) is 22.2. The monoisotopic (exact) mass is 577 g/mol. The second-order valence-corrected chi connectivity index (χ2v) is 12.5. The third kappa shape index (κ3) is 4.34. The van der Waals surface area contributed by atoms with Crippen molar-refractivity contribution in [2.75, 3.05) is 7.11 Å². The SMILES string of the molecule is COC(=O)c1ccc(-c2noc(C34CCC(CCc5c(-c6c(Cl)cccc6Cl)noc5C5CC5)(CC3)C4)n2)cc1. The number of aromatic nitrogens is 3. The van der Waals surface area contributed by atoms with E-state index in [1.807, 2.05) is 30.3 Å². The Balaban J connectivity index is 1.10. The number of fused-ring (bicyclic) bond motifs is 2. The van der Waals surface area contributed by atoms with E-state index in [-0.39, 0.29) is 16.8 Å². The third-order valence-corrected chi connectivity index (χ3v) is 9.93. The van der Waals surface area contributed by atoms with Gasteiger partial charge < -0.3 is 13.8 Å². The maximum absolute atomic E-state index is 11.8. The van der Waals surface area contributed by atoms with Gasteiger partial charge in [-0.1, -0.05) is 51.7 Å². The molecule has 4 aromatic rings. The number of hydrogen-bond donors (Lipinski definition) is 0. The summed E-state index contributed by atoms with van der Waals surface area (Å²) >= 11 is 13.2. The standard InChI is InChI=1S/C31H29Cl2N3O4/c1-38-28(37)20-9-7-19(8-10-20)27-34-29(40-36-27)31-15-13-30(17-31,14-16-31)12-11-21-25(35-39-26(21)18-5-6-18)24-22(32)3-2-4-23(24)33/h2-4,7-10,18H,5-6,11-17H2,1H3. The van der Waals surface area contributed by atoms with Gasteiger partial charge in [-0.15, -0.1) is 0 Å². The van der Waals surface area contributed by atoms with Crippen LogP contribution in [0.2, 0.25) is 10.0 Å². The van der Waals surface area contributed by atoms with E-state index in [1.54, 1.807) is 12.1 Å². The lowest BCUT2D eigenvalue weighted by molar-refractivity contribution is 0.0600. The van der Waals surface area contributed by atoms with Crippen molar-refractivity contribution in [1.82, 2.24) is 15.3 Å². The van der Waals surface area contributed by atoms with Gasteiger partial charge in [-0.25, -0.2) is 4.79 Å². The second-order valence-electron chi connectivity index (χ2n) is 11.7. The first-order chi connectivity index (χ1) is 19.4. The van der Waals surface area contributed by atoms with Crippen molar-refractivity contribution >= 4 is 29.2 Å². The normalized spacial score (nSPS) is 23.6. The van der Waals surface area contributed by atoms with E-state index in [9.17, 15) is 4.79 Å². The van der Waals surface area contributed by atoms with Crippen LogP contribution in [0.25, 0.3) is 22.6 Å². The minimum atomic E-state index is -0.370. The lowest BCUT2D eigenvalue weighted by Gasteiger charge is -2.26. The first-order valence-corrected chi connectivity index (χ1v) is 14.6. The second kappa shape index (κ2) is 9.74. The molecule has 0 amide bonds. The van der Waals surface area contributed by atoms with Gasteiger partial charge in [0.1, 0.15) is 11.5 Å². The quantitative estimate of drug-likeness (QED) is 0.195. The highest BCUT2D eigenvalue weighted by Crippen LogP contribution is 2.64. The molecular weight excluding hydrogens is 549 g/mol. The van der Waals surface area contributed by atoms with Crippen LogP contribution in [-0.2, 0) is 16.6 Å². The number of nitrogens with zero attached hydrogens (tertiary/aromatic N) is 3. The summed E-state index contributed by atoms with van der Waals surface area (Å²) in [5.74, 6) is 2.35. The molecule has 0 unspecified atom stereocenters. The molecule has 206 valence electrons. The highest BCUT2D eigenvalue weighted by molar-refractivity contribution is 6.39. The van der Waals surface area contributed by atoms with E-state index in [4.69, 9.17) is 42.0 Å². The van der Waals surface area contributed by atoms with E-state index in [0.29, 0.717) is 27.4 Å². The lowest BCUT2D eigenvalue weighted by Crippen LogP contribution is -2.20. The Hall–Kier alpha value is -3.16. The van der Waals surface area contributed by atoms with Crippen molar-refractivity contribution < 1.29 is 18.6 Å². The number of methoxy groups -OCH3 is 1. The molecule has 0 atom stereocenters. The Morgan fingerprint density at radius 1 is 1.00 bits per heavy atom. The summed E-state index contributed by atoms with van der Waals surface area (Å²) < 4.78 is 16.6. The molecule has 0 radical (unpaired) electrons. The number of esters is 1. The molecule has 3 fully saturated rings. The number of hydrogen-bond acceptors (Lipinski definition) is 7. The Morgan fingerprint density at radius 3 is 2.40 bits per heavy atom. The summed E-state index contributed by atoms with van der Waals surface area (Å²) in [5.41, 5.74) is 4.15. The van der Waals surface area contributed by atoms with Gasteiger partial charge in [0.05, 0.1) is 28.1 Å². The van der Waals surface area contributed by atoms with Crippen molar-refractivity contribution in [3.8, 4) is 22.6 Å². The fourth-order valence-corrected chi connectivity index (χ4v) is 7.50. The van der Waals surface area contributed by atoms with Crippen LogP contribution in [0.4, 0.5) is 0 Å². The molecule has 3 saturated carbocycles. The molecule has 40 heavy (non-hydrogen) atoms. The molecule has 9 heteroatoms. The summed E-state index contributed by atoms with van der Waals surface area (Å²) in [6.45, 7) is 0. The summed E-state index contributed by atoms with van der Waals surface area (Å²) in [6.07, 6.45) is 9.57. The van der Waals surface area contributed by atoms with Gasteiger partial charge >= 0.3 is 5.97 Å². The topological polar surface area (TPSA) is 91.2 Å². The van der Waals surface area contributed by atoms with E-state index in [2.05, 4.69) is 10.3 Å². The lowest BCUT2D eigenvalue weighted by atomic mass is 9.78. The predicted molar refractivity (Wildman–Crippen MR) is 151 cm³/mol. The van der Waals surface area contributed by atoms with Crippen molar-refractivity contribution in [2.45, 2.75) is 69.1 Å². The van der Waals surface area contributed by atoms with Gasteiger partial charge in [-0.2, -0.15) is 4.98 Å². The number of carbonyl (C=O) groups excluding carboxylic acids is 1. The maximum Gasteiger partial charge on any atom is 0.337 e. The fraction of sp³-hybridized carbons (Fsp3) is 0.419. The molecule has 2 aromatic carbocycles. The van der Waals surface area contributed by atoms with Gasteiger partial charge in [0.15, 0.2) is 0 Å². The van der Waals surface area contributed by atoms with Crippen molar-refractivity contribution in [2.24, 2.45) is 5.41 Å². The Kier molecular flexibility index (Phi) is 6.28. The Bertz CT molecular complexity index is 1560. The van der Waals surface area contributed by atoms with Gasteiger partial charge in [0.25, 0.3) is 0 Å². The average molecular weight is 578 g/mol. The number of benzene rings is 2. The first kappa shape index (κ1) is 25.8. The highest BCUT2D eigenvalue weighted by Gasteiger charge is 2.57. The van der Waals surface area contributed by atoms with Crippen molar-refractivity contribution in [3.63, 3.8) is 0 Å².